The van der Waals surface area contributed by atoms with Gasteiger partial charge in [0.1, 0.15) is 13.1 Å². The Balaban J connectivity index is 1.67. The van der Waals surface area contributed by atoms with Crippen molar-refractivity contribution in [1.29, 1.82) is 0 Å². The lowest BCUT2D eigenvalue weighted by Gasteiger charge is -2.31. The summed E-state index contributed by atoms with van der Waals surface area (Å²) in [4.78, 5) is 24.7. The summed E-state index contributed by atoms with van der Waals surface area (Å²) in [5.41, 5.74) is 0. The highest BCUT2D eigenvalue weighted by molar-refractivity contribution is 5.84. The number of ether oxygens (including phenoxy) is 1. The van der Waals surface area contributed by atoms with Gasteiger partial charge in [0.25, 0.3) is 0 Å². The van der Waals surface area contributed by atoms with Gasteiger partial charge in [0, 0.05) is 30.8 Å². The van der Waals surface area contributed by atoms with Crippen LogP contribution >= 0.6 is 0 Å². The first-order valence-electron chi connectivity index (χ1n) is 8.08. The third-order valence-corrected chi connectivity index (χ3v) is 4.61. The number of rotatable bonds is 6. The fourth-order valence-electron chi connectivity index (χ4n) is 3.32. The Morgan fingerprint density at radius 2 is 1.81 bits per heavy atom. The maximum absolute atomic E-state index is 12.1. The van der Waals surface area contributed by atoms with Crippen molar-refractivity contribution in [3.05, 3.63) is 0 Å². The van der Waals surface area contributed by atoms with Crippen LogP contribution in [0.1, 0.15) is 32.1 Å². The number of hydrogen-bond donors (Lipinski definition) is 2. The van der Waals surface area contributed by atoms with Crippen molar-refractivity contribution < 1.29 is 24.3 Å². The van der Waals surface area contributed by atoms with Crippen LogP contribution in [0, 0.1) is 11.8 Å². The van der Waals surface area contributed by atoms with Gasteiger partial charge in [0.2, 0.25) is 5.91 Å². The van der Waals surface area contributed by atoms with E-state index in [-0.39, 0.29) is 5.91 Å². The monoisotopic (exact) mass is 298 g/mol. The zero-order valence-electron chi connectivity index (χ0n) is 12.6. The van der Waals surface area contributed by atoms with E-state index in [1.54, 1.807) is 0 Å². The molecular weight excluding hydrogens is 272 g/mol. The minimum Gasteiger partial charge on any atom is -0.550 e. The van der Waals surface area contributed by atoms with E-state index in [4.69, 9.17) is 4.74 Å². The van der Waals surface area contributed by atoms with E-state index in [1.807, 2.05) is 0 Å². The van der Waals surface area contributed by atoms with Crippen LogP contribution in [-0.2, 0) is 14.3 Å². The lowest BCUT2D eigenvalue weighted by atomic mass is 9.79. The van der Waals surface area contributed by atoms with Crippen LogP contribution in [0.5, 0.6) is 0 Å². The van der Waals surface area contributed by atoms with Crippen LogP contribution in [0.2, 0.25) is 0 Å². The molecule has 21 heavy (non-hydrogen) atoms. The molecule has 0 bridgehead atoms. The maximum atomic E-state index is 12.1. The van der Waals surface area contributed by atoms with Crippen molar-refractivity contribution >= 4 is 11.9 Å². The molecule has 6 heteroatoms. The molecule has 0 aromatic rings. The summed E-state index contributed by atoms with van der Waals surface area (Å²) in [7, 11) is 0. The average Bonchev–Trinajstić information content (AvgIpc) is 2.52. The molecule has 1 saturated carbocycles. The fraction of sp³-hybridized carbons (Fsp3) is 0.867. The van der Waals surface area contributed by atoms with Gasteiger partial charge in [-0.15, -0.1) is 0 Å². The lowest BCUT2D eigenvalue weighted by molar-refractivity contribution is -0.908. The maximum Gasteiger partial charge on any atom is 0.223 e. The minimum absolute atomic E-state index is 0.110. The number of morpholine rings is 1. The quantitative estimate of drug-likeness (QED) is 0.554. The molecule has 2 atom stereocenters. The molecule has 0 spiro atoms. The Morgan fingerprint density at radius 1 is 1.14 bits per heavy atom. The summed E-state index contributed by atoms with van der Waals surface area (Å²) in [6, 6.07) is 0. The predicted molar refractivity (Wildman–Crippen MR) is 74.5 cm³/mol. The second kappa shape index (κ2) is 8.34. The van der Waals surface area contributed by atoms with Crippen molar-refractivity contribution in [2.24, 2.45) is 11.8 Å². The van der Waals surface area contributed by atoms with Crippen LogP contribution in [0.3, 0.4) is 0 Å². The number of carbonyl (C=O) groups is 2. The fourth-order valence-corrected chi connectivity index (χ4v) is 3.32. The molecular formula is C15H26N2O4. The number of carboxylic acids is 1. The van der Waals surface area contributed by atoms with Crippen molar-refractivity contribution in [2.75, 3.05) is 39.4 Å². The summed E-state index contributed by atoms with van der Waals surface area (Å²) in [6.07, 6.45) is 3.96. The number of hydrogen-bond acceptors (Lipinski definition) is 4. The van der Waals surface area contributed by atoms with E-state index in [2.05, 4.69) is 5.32 Å². The molecule has 1 heterocycles. The summed E-state index contributed by atoms with van der Waals surface area (Å²) in [5.74, 6) is -2.20. The number of carbonyl (C=O) groups excluding carboxylic acids is 2. The molecule has 1 saturated heterocycles. The normalized spacial score (nSPS) is 27.2. The third kappa shape index (κ3) is 4.97. The van der Waals surface area contributed by atoms with E-state index >= 15 is 0 Å². The van der Waals surface area contributed by atoms with E-state index in [0.29, 0.717) is 19.4 Å². The Kier molecular flexibility index (Phi) is 6.45. The smallest absolute Gasteiger partial charge is 0.223 e. The zero-order valence-corrected chi connectivity index (χ0v) is 12.6. The summed E-state index contributed by atoms with van der Waals surface area (Å²) >= 11 is 0. The molecule has 0 aromatic carbocycles. The highest BCUT2D eigenvalue weighted by Gasteiger charge is 2.31. The average molecular weight is 298 g/mol. The topological polar surface area (TPSA) is 82.9 Å². The molecule has 1 aliphatic heterocycles. The molecule has 120 valence electrons. The second-order valence-electron chi connectivity index (χ2n) is 6.07. The van der Waals surface area contributed by atoms with Gasteiger partial charge in [-0.2, -0.15) is 0 Å². The second-order valence-corrected chi connectivity index (χ2v) is 6.07. The molecule has 6 nitrogen and oxygen atoms in total. The van der Waals surface area contributed by atoms with Gasteiger partial charge in [-0.1, -0.05) is 12.8 Å². The number of amides is 1. The number of quaternary nitrogens is 1. The highest BCUT2D eigenvalue weighted by atomic mass is 16.5. The molecule has 2 fully saturated rings. The van der Waals surface area contributed by atoms with Gasteiger partial charge in [-0.05, 0) is 12.8 Å². The Hall–Kier alpha value is -1.14. The van der Waals surface area contributed by atoms with Gasteiger partial charge in [0.05, 0.1) is 19.8 Å². The third-order valence-electron chi connectivity index (χ3n) is 4.61. The Morgan fingerprint density at radius 3 is 2.48 bits per heavy atom. The largest absolute Gasteiger partial charge is 0.550 e. The van der Waals surface area contributed by atoms with Gasteiger partial charge in [-0.25, -0.2) is 0 Å². The standard InChI is InChI=1S/C15H26N2O4/c18-14(12-4-1-2-5-13(12)15(19)20)16-6-3-7-17-8-10-21-11-9-17/h12-13H,1-11H2,(H,16,18)(H,19,20)/t12-,13+/m0/s1. The van der Waals surface area contributed by atoms with Crippen molar-refractivity contribution in [2.45, 2.75) is 32.1 Å². The number of aliphatic carboxylic acids is 1. The van der Waals surface area contributed by atoms with E-state index in [9.17, 15) is 14.7 Å². The minimum atomic E-state index is -1.08. The molecule has 1 amide bonds. The van der Waals surface area contributed by atoms with Crippen LogP contribution < -0.4 is 15.3 Å². The van der Waals surface area contributed by atoms with Crippen molar-refractivity contribution in [1.82, 2.24) is 5.32 Å². The van der Waals surface area contributed by atoms with Crippen LogP contribution in [0.25, 0.3) is 0 Å². The lowest BCUT2D eigenvalue weighted by Crippen LogP contribution is -3.14. The van der Waals surface area contributed by atoms with Crippen LogP contribution in [-0.4, -0.2) is 51.3 Å². The van der Waals surface area contributed by atoms with Crippen LogP contribution in [0.15, 0.2) is 0 Å². The van der Waals surface area contributed by atoms with Gasteiger partial charge in [-0.3, -0.25) is 4.79 Å². The number of nitrogens with one attached hydrogen (secondary N) is 2. The van der Waals surface area contributed by atoms with E-state index in [1.165, 1.54) is 4.90 Å². The molecule has 2 rings (SSSR count). The molecule has 0 aromatic heterocycles. The SMILES string of the molecule is O=C(NCCC[NH+]1CCOCC1)[C@H]1CCCC[C@H]1C(=O)[O-]. The summed E-state index contributed by atoms with van der Waals surface area (Å²) in [5, 5.41) is 14.0. The highest BCUT2D eigenvalue weighted by Crippen LogP contribution is 2.29. The summed E-state index contributed by atoms with van der Waals surface area (Å²) < 4.78 is 5.31. The Labute approximate surface area is 125 Å². The van der Waals surface area contributed by atoms with Crippen LogP contribution in [0.4, 0.5) is 0 Å². The molecule has 2 aliphatic rings. The van der Waals surface area contributed by atoms with E-state index < -0.39 is 17.8 Å². The summed E-state index contributed by atoms with van der Waals surface area (Å²) in [6.45, 7) is 5.35. The first-order chi connectivity index (χ1) is 10.2. The van der Waals surface area contributed by atoms with Crippen molar-refractivity contribution in [3.63, 3.8) is 0 Å². The Bertz CT molecular complexity index is 356. The molecule has 0 unspecified atom stereocenters. The van der Waals surface area contributed by atoms with Gasteiger partial charge in [0.15, 0.2) is 0 Å². The number of carboxylic acid groups (broad SMARTS) is 1. The first-order valence-corrected chi connectivity index (χ1v) is 8.08. The zero-order chi connectivity index (χ0) is 15.1. The van der Waals surface area contributed by atoms with Gasteiger partial charge < -0.3 is 24.9 Å². The molecule has 1 aliphatic carbocycles. The molecule has 2 N–H and O–H groups in total. The molecule has 0 radical (unpaired) electrons. The van der Waals surface area contributed by atoms with Gasteiger partial charge >= 0.3 is 0 Å². The first kappa shape index (κ1) is 16.2. The van der Waals surface area contributed by atoms with Crippen molar-refractivity contribution in [3.8, 4) is 0 Å². The van der Waals surface area contributed by atoms with E-state index in [0.717, 1.165) is 52.1 Å². The predicted octanol–water partition coefficient (Wildman–Crippen LogP) is -2.04.